The molecule has 1 aliphatic heterocycles. The van der Waals surface area contributed by atoms with E-state index in [2.05, 4.69) is 33.8 Å². The van der Waals surface area contributed by atoms with Gasteiger partial charge in [0.1, 0.15) is 6.61 Å². The zero-order valence-corrected chi connectivity index (χ0v) is 15.5. The molecule has 5 heteroatoms. The van der Waals surface area contributed by atoms with Crippen LogP contribution in [0.5, 0.6) is 11.5 Å². The minimum atomic E-state index is -0.365. The number of hydrogen-bond donors (Lipinski definition) is 0. The SMILES string of the molecule is COc1ccccc1OCc1cccc(B2OC(C)(C)C(C)(C)O2)c1. The van der Waals surface area contributed by atoms with E-state index in [1.165, 1.54) is 0 Å². The fourth-order valence-corrected chi connectivity index (χ4v) is 2.71. The molecular weight excluding hydrogens is 315 g/mol. The van der Waals surface area contributed by atoms with E-state index < -0.39 is 0 Å². The maximum Gasteiger partial charge on any atom is 0.494 e. The lowest BCUT2D eigenvalue weighted by atomic mass is 9.78. The van der Waals surface area contributed by atoms with E-state index >= 15 is 0 Å². The summed E-state index contributed by atoms with van der Waals surface area (Å²) in [4.78, 5) is 0. The summed E-state index contributed by atoms with van der Waals surface area (Å²) in [5.74, 6) is 1.45. The molecule has 1 saturated heterocycles. The van der Waals surface area contributed by atoms with Gasteiger partial charge in [-0.15, -0.1) is 0 Å². The van der Waals surface area contributed by atoms with Crippen molar-refractivity contribution in [3.63, 3.8) is 0 Å². The van der Waals surface area contributed by atoms with Gasteiger partial charge in [-0.05, 0) is 50.9 Å². The molecule has 0 atom stereocenters. The topological polar surface area (TPSA) is 36.9 Å². The van der Waals surface area contributed by atoms with E-state index in [0.717, 1.165) is 22.5 Å². The van der Waals surface area contributed by atoms with Crippen LogP contribution in [0.1, 0.15) is 33.3 Å². The molecule has 0 saturated carbocycles. The Labute approximate surface area is 150 Å². The number of rotatable bonds is 5. The first-order valence-electron chi connectivity index (χ1n) is 8.53. The monoisotopic (exact) mass is 340 g/mol. The first kappa shape index (κ1) is 17.8. The number of methoxy groups -OCH3 is 1. The minimum Gasteiger partial charge on any atom is -0.493 e. The largest absolute Gasteiger partial charge is 0.494 e. The van der Waals surface area contributed by atoms with Crippen molar-refractivity contribution in [2.24, 2.45) is 0 Å². The van der Waals surface area contributed by atoms with Crippen LogP contribution in [0.2, 0.25) is 0 Å². The van der Waals surface area contributed by atoms with Crippen molar-refractivity contribution in [3.8, 4) is 11.5 Å². The van der Waals surface area contributed by atoms with Crippen LogP contribution in [0.4, 0.5) is 0 Å². The standard InChI is InChI=1S/C20H25BO4/c1-19(2)20(3,4)25-21(24-19)16-10-8-9-15(13-16)14-23-18-12-7-6-11-17(18)22-5/h6-13H,14H2,1-5H3. The van der Waals surface area contributed by atoms with Crippen LogP contribution in [0.25, 0.3) is 0 Å². The van der Waals surface area contributed by atoms with Gasteiger partial charge in [0.25, 0.3) is 0 Å². The van der Waals surface area contributed by atoms with Gasteiger partial charge in [0.15, 0.2) is 11.5 Å². The Hall–Kier alpha value is -1.98. The molecule has 0 aliphatic carbocycles. The number of para-hydroxylation sites is 2. The highest BCUT2D eigenvalue weighted by atomic mass is 16.7. The molecule has 0 spiro atoms. The van der Waals surface area contributed by atoms with Crippen molar-refractivity contribution in [2.75, 3.05) is 7.11 Å². The lowest BCUT2D eigenvalue weighted by Gasteiger charge is -2.32. The van der Waals surface area contributed by atoms with Gasteiger partial charge in [0.05, 0.1) is 18.3 Å². The molecule has 0 N–H and O–H groups in total. The average Bonchev–Trinajstić information content (AvgIpc) is 2.81. The molecule has 0 radical (unpaired) electrons. The predicted octanol–water partition coefficient (Wildman–Crippen LogP) is 3.57. The van der Waals surface area contributed by atoms with E-state index in [9.17, 15) is 0 Å². The van der Waals surface area contributed by atoms with Gasteiger partial charge in [-0.3, -0.25) is 0 Å². The molecule has 0 amide bonds. The van der Waals surface area contributed by atoms with Crippen molar-refractivity contribution >= 4 is 12.6 Å². The van der Waals surface area contributed by atoms with E-state index in [0.29, 0.717) is 6.61 Å². The van der Waals surface area contributed by atoms with Gasteiger partial charge in [0, 0.05) is 0 Å². The molecule has 4 nitrogen and oxygen atoms in total. The molecule has 25 heavy (non-hydrogen) atoms. The molecule has 0 aromatic heterocycles. The third kappa shape index (κ3) is 3.67. The van der Waals surface area contributed by atoms with Crippen molar-refractivity contribution < 1.29 is 18.8 Å². The van der Waals surface area contributed by atoms with Crippen molar-refractivity contribution in [2.45, 2.75) is 45.5 Å². The Morgan fingerprint density at radius 3 is 2.16 bits per heavy atom. The van der Waals surface area contributed by atoms with Gasteiger partial charge >= 0.3 is 7.12 Å². The second-order valence-corrected chi connectivity index (χ2v) is 7.27. The Morgan fingerprint density at radius 2 is 1.52 bits per heavy atom. The van der Waals surface area contributed by atoms with Crippen LogP contribution >= 0.6 is 0 Å². The highest BCUT2D eigenvalue weighted by molar-refractivity contribution is 6.62. The molecule has 132 valence electrons. The van der Waals surface area contributed by atoms with Gasteiger partial charge in [-0.25, -0.2) is 0 Å². The fourth-order valence-electron chi connectivity index (χ4n) is 2.71. The van der Waals surface area contributed by atoms with Crippen LogP contribution in [0, 0.1) is 0 Å². The fraction of sp³-hybridized carbons (Fsp3) is 0.400. The third-order valence-electron chi connectivity index (χ3n) is 4.94. The Kier molecular flexibility index (Phi) is 4.80. The number of ether oxygens (including phenoxy) is 2. The summed E-state index contributed by atoms with van der Waals surface area (Å²) in [5.41, 5.74) is 1.36. The lowest BCUT2D eigenvalue weighted by molar-refractivity contribution is 0.00578. The number of benzene rings is 2. The quantitative estimate of drug-likeness (QED) is 0.780. The zero-order chi connectivity index (χ0) is 18.1. The van der Waals surface area contributed by atoms with Crippen LogP contribution in [0.3, 0.4) is 0 Å². The number of hydrogen-bond acceptors (Lipinski definition) is 4. The van der Waals surface area contributed by atoms with Crippen LogP contribution in [-0.4, -0.2) is 25.4 Å². The summed E-state index contributed by atoms with van der Waals surface area (Å²) >= 11 is 0. The maximum absolute atomic E-state index is 6.12. The summed E-state index contributed by atoms with van der Waals surface area (Å²) in [6, 6.07) is 15.8. The third-order valence-corrected chi connectivity index (χ3v) is 4.94. The van der Waals surface area contributed by atoms with Crippen LogP contribution in [0.15, 0.2) is 48.5 Å². The molecule has 1 heterocycles. The Morgan fingerprint density at radius 1 is 0.880 bits per heavy atom. The second-order valence-electron chi connectivity index (χ2n) is 7.27. The van der Waals surface area contributed by atoms with Gasteiger partial charge < -0.3 is 18.8 Å². The summed E-state index contributed by atoms with van der Waals surface area (Å²) in [6.07, 6.45) is 0. The van der Waals surface area contributed by atoms with Gasteiger partial charge in [-0.1, -0.05) is 36.4 Å². The average molecular weight is 340 g/mol. The van der Waals surface area contributed by atoms with Gasteiger partial charge in [0.2, 0.25) is 0 Å². The smallest absolute Gasteiger partial charge is 0.493 e. The highest BCUT2D eigenvalue weighted by Gasteiger charge is 2.51. The normalized spacial score (nSPS) is 18.2. The van der Waals surface area contributed by atoms with Crippen LogP contribution < -0.4 is 14.9 Å². The first-order valence-corrected chi connectivity index (χ1v) is 8.53. The lowest BCUT2D eigenvalue weighted by Crippen LogP contribution is -2.41. The van der Waals surface area contributed by atoms with Crippen molar-refractivity contribution in [3.05, 3.63) is 54.1 Å². The van der Waals surface area contributed by atoms with E-state index in [4.69, 9.17) is 18.8 Å². The molecular formula is C20H25BO4. The van der Waals surface area contributed by atoms with E-state index in [-0.39, 0.29) is 18.3 Å². The summed E-state index contributed by atoms with van der Waals surface area (Å²) < 4.78 is 23.5. The molecule has 0 unspecified atom stereocenters. The molecule has 1 fully saturated rings. The molecule has 0 bridgehead atoms. The molecule has 1 aliphatic rings. The van der Waals surface area contributed by atoms with Crippen molar-refractivity contribution in [1.29, 1.82) is 0 Å². The summed E-state index contributed by atoms with van der Waals surface area (Å²) in [7, 11) is 1.28. The summed E-state index contributed by atoms with van der Waals surface area (Å²) in [5, 5.41) is 0. The van der Waals surface area contributed by atoms with E-state index in [1.54, 1.807) is 7.11 Å². The first-order chi connectivity index (χ1) is 11.8. The predicted molar refractivity (Wildman–Crippen MR) is 99.5 cm³/mol. The van der Waals surface area contributed by atoms with Crippen LogP contribution in [-0.2, 0) is 15.9 Å². The summed E-state index contributed by atoms with van der Waals surface area (Å²) in [6.45, 7) is 8.68. The molecule has 3 rings (SSSR count). The molecule has 2 aromatic rings. The van der Waals surface area contributed by atoms with Crippen molar-refractivity contribution in [1.82, 2.24) is 0 Å². The highest BCUT2D eigenvalue weighted by Crippen LogP contribution is 2.36. The van der Waals surface area contributed by atoms with E-state index in [1.807, 2.05) is 42.5 Å². The second kappa shape index (κ2) is 6.73. The molecule has 2 aromatic carbocycles. The van der Waals surface area contributed by atoms with Gasteiger partial charge in [-0.2, -0.15) is 0 Å². The Bertz CT molecular complexity index is 726. The maximum atomic E-state index is 6.12. The minimum absolute atomic E-state index is 0.346. The zero-order valence-electron chi connectivity index (χ0n) is 15.5. The Balaban J connectivity index is 1.72.